The number of nitrogens with one attached hydrogen (secondary N) is 1. The first-order chi connectivity index (χ1) is 10.2. The number of ether oxygens (including phenoxy) is 1. The Balaban J connectivity index is 1.92. The van der Waals surface area contributed by atoms with Gasteiger partial charge >= 0.3 is 0 Å². The SMILES string of the molecule is CCCNCc1cc(C)c(OCC2CCCCC2)c(C)c1. The molecule has 1 fully saturated rings. The van der Waals surface area contributed by atoms with E-state index in [-0.39, 0.29) is 0 Å². The second kappa shape index (κ2) is 8.43. The van der Waals surface area contributed by atoms with Gasteiger partial charge in [0.15, 0.2) is 0 Å². The molecule has 2 rings (SSSR count). The van der Waals surface area contributed by atoms with Gasteiger partial charge in [-0.05, 0) is 62.3 Å². The Morgan fingerprint density at radius 2 is 1.76 bits per heavy atom. The van der Waals surface area contributed by atoms with Crippen molar-refractivity contribution < 1.29 is 4.74 Å². The number of hydrogen-bond donors (Lipinski definition) is 1. The fourth-order valence-electron chi connectivity index (χ4n) is 3.33. The maximum atomic E-state index is 6.17. The van der Waals surface area contributed by atoms with Crippen molar-refractivity contribution in [2.45, 2.75) is 65.8 Å². The zero-order valence-corrected chi connectivity index (χ0v) is 14.0. The lowest BCUT2D eigenvalue weighted by Crippen LogP contribution is -2.16. The lowest BCUT2D eigenvalue weighted by atomic mass is 9.90. The van der Waals surface area contributed by atoms with Crippen LogP contribution in [0.1, 0.15) is 62.1 Å². The third-order valence-corrected chi connectivity index (χ3v) is 4.46. The summed E-state index contributed by atoms with van der Waals surface area (Å²) in [6.45, 7) is 9.48. The highest BCUT2D eigenvalue weighted by Gasteiger charge is 2.15. The molecule has 0 atom stereocenters. The number of aryl methyl sites for hydroxylation is 2. The van der Waals surface area contributed by atoms with Gasteiger partial charge in [0.25, 0.3) is 0 Å². The van der Waals surface area contributed by atoms with Gasteiger partial charge < -0.3 is 10.1 Å². The predicted octanol–water partition coefficient (Wildman–Crippen LogP) is 4.76. The van der Waals surface area contributed by atoms with Crippen LogP contribution in [-0.4, -0.2) is 13.2 Å². The maximum Gasteiger partial charge on any atom is 0.125 e. The highest BCUT2D eigenvalue weighted by atomic mass is 16.5. The fourth-order valence-corrected chi connectivity index (χ4v) is 3.33. The monoisotopic (exact) mass is 289 g/mol. The molecule has 1 aromatic rings. The summed E-state index contributed by atoms with van der Waals surface area (Å²) in [7, 11) is 0. The number of rotatable bonds is 7. The molecule has 0 spiro atoms. The molecule has 0 bridgehead atoms. The molecule has 1 saturated carbocycles. The standard InChI is InChI=1S/C19H31NO/c1-4-10-20-13-18-11-15(2)19(16(3)12-18)21-14-17-8-6-5-7-9-17/h11-12,17,20H,4-10,13-14H2,1-3H3. The van der Waals surface area contributed by atoms with E-state index in [1.165, 1.54) is 55.2 Å². The van der Waals surface area contributed by atoms with E-state index >= 15 is 0 Å². The van der Waals surface area contributed by atoms with Gasteiger partial charge in [-0.15, -0.1) is 0 Å². The Labute approximate surface area is 130 Å². The summed E-state index contributed by atoms with van der Waals surface area (Å²) in [5.41, 5.74) is 3.92. The molecule has 118 valence electrons. The van der Waals surface area contributed by atoms with Crippen LogP contribution in [0.5, 0.6) is 5.75 Å². The summed E-state index contributed by atoms with van der Waals surface area (Å²) in [5, 5.41) is 3.47. The summed E-state index contributed by atoms with van der Waals surface area (Å²) in [4.78, 5) is 0. The van der Waals surface area contributed by atoms with Crippen molar-refractivity contribution >= 4 is 0 Å². The third kappa shape index (κ3) is 5.03. The largest absolute Gasteiger partial charge is 0.493 e. The molecule has 0 radical (unpaired) electrons. The Morgan fingerprint density at radius 1 is 1.10 bits per heavy atom. The summed E-state index contributed by atoms with van der Waals surface area (Å²) in [5.74, 6) is 1.88. The molecule has 1 N–H and O–H groups in total. The zero-order chi connectivity index (χ0) is 15.1. The highest BCUT2D eigenvalue weighted by Crippen LogP contribution is 2.28. The minimum Gasteiger partial charge on any atom is -0.493 e. The Hall–Kier alpha value is -1.02. The molecule has 0 unspecified atom stereocenters. The predicted molar refractivity (Wildman–Crippen MR) is 90.0 cm³/mol. The lowest BCUT2D eigenvalue weighted by molar-refractivity contribution is 0.207. The normalized spacial score (nSPS) is 16.1. The molecule has 0 saturated heterocycles. The summed E-state index contributed by atoms with van der Waals surface area (Å²) < 4.78 is 6.17. The van der Waals surface area contributed by atoms with Gasteiger partial charge in [0.05, 0.1) is 6.61 Å². The van der Waals surface area contributed by atoms with Gasteiger partial charge in [-0.25, -0.2) is 0 Å². The molecule has 0 heterocycles. The van der Waals surface area contributed by atoms with Crippen molar-refractivity contribution in [3.8, 4) is 5.75 Å². The topological polar surface area (TPSA) is 21.3 Å². The molecule has 2 heteroatoms. The van der Waals surface area contributed by atoms with Crippen molar-refractivity contribution in [1.29, 1.82) is 0 Å². The van der Waals surface area contributed by atoms with Crippen LogP contribution >= 0.6 is 0 Å². The van der Waals surface area contributed by atoms with Crippen LogP contribution in [0.15, 0.2) is 12.1 Å². The first kappa shape index (κ1) is 16.4. The molecule has 1 aliphatic carbocycles. The summed E-state index contributed by atoms with van der Waals surface area (Å²) in [6, 6.07) is 4.54. The molecule has 0 aliphatic heterocycles. The van der Waals surface area contributed by atoms with Gasteiger partial charge in [0.2, 0.25) is 0 Å². The van der Waals surface area contributed by atoms with Crippen molar-refractivity contribution in [3.63, 3.8) is 0 Å². The van der Waals surface area contributed by atoms with Gasteiger partial charge in [0, 0.05) is 6.54 Å². The fraction of sp³-hybridized carbons (Fsp3) is 0.684. The van der Waals surface area contributed by atoms with Gasteiger partial charge in [-0.1, -0.05) is 38.3 Å². The van der Waals surface area contributed by atoms with E-state index < -0.39 is 0 Å². The van der Waals surface area contributed by atoms with Gasteiger partial charge in [-0.2, -0.15) is 0 Å². The smallest absolute Gasteiger partial charge is 0.125 e. The van der Waals surface area contributed by atoms with E-state index in [1.807, 2.05) is 0 Å². The van der Waals surface area contributed by atoms with Crippen molar-refractivity contribution in [2.75, 3.05) is 13.2 Å². The molecule has 2 nitrogen and oxygen atoms in total. The van der Waals surface area contributed by atoms with E-state index in [1.54, 1.807) is 0 Å². The van der Waals surface area contributed by atoms with Crippen LogP contribution in [0, 0.1) is 19.8 Å². The van der Waals surface area contributed by atoms with E-state index in [9.17, 15) is 0 Å². The van der Waals surface area contributed by atoms with E-state index in [0.717, 1.165) is 31.4 Å². The minimum absolute atomic E-state index is 0.767. The first-order valence-electron chi connectivity index (χ1n) is 8.64. The number of hydrogen-bond acceptors (Lipinski definition) is 2. The van der Waals surface area contributed by atoms with E-state index in [4.69, 9.17) is 4.74 Å². The third-order valence-electron chi connectivity index (χ3n) is 4.46. The van der Waals surface area contributed by atoms with Crippen LogP contribution in [0.3, 0.4) is 0 Å². The molecule has 0 amide bonds. The van der Waals surface area contributed by atoms with Gasteiger partial charge in [-0.3, -0.25) is 0 Å². The molecular formula is C19H31NO. The summed E-state index contributed by atoms with van der Waals surface area (Å²) in [6.07, 6.45) is 8.05. The highest BCUT2D eigenvalue weighted by molar-refractivity contribution is 5.43. The zero-order valence-electron chi connectivity index (χ0n) is 14.0. The molecule has 1 aliphatic rings. The second-order valence-electron chi connectivity index (χ2n) is 6.55. The van der Waals surface area contributed by atoms with Crippen LogP contribution in [0.25, 0.3) is 0 Å². The average Bonchev–Trinajstić information content (AvgIpc) is 2.48. The second-order valence-corrected chi connectivity index (χ2v) is 6.55. The molecule has 0 aromatic heterocycles. The Morgan fingerprint density at radius 3 is 2.38 bits per heavy atom. The Bertz CT molecular complexity index is 412. The first-order valence-corrected chi connectivity index (χ1v) is 8.64. The Kier molecular flexibility index (Phi) is 6.56. The average molecular weight is 289 g/mol. The molecular weight excluding hydrogens is 258 g/mol. The van der Waals surface area contributed by atoms with Crippen molar-refractivity contribution in [1.82, 2.24) is 5.32 Å². The molecule has 21 heavy (non-hydrogen) atoms. The minimum atomic E-state index is 0.767. The van der Waals surface area contributed by atoms with Crippen molar-refractivity contribution in [3.05, 3.63) is 28.8 Å². The van der Waals surface area contributed by atoms with E-state index in [0.29, 0.717) is 0 Å². The molecule has 1 aromatic carbocycles. The van der Waals surface area contributed by atoms with Crippen LogP contribution < -0.4 is 10.1 Å². The summed E-state index contributed by atoms with van der Waals surface area (Å²) >= 11 is 0. The van der Waals surface area contributed by atoms with Crippen molar-refractivity contribution in [2.24, 2.45) is 5.92 Å². The van der Waals surface area contributed by atoms with Gasteiger partial charge in [0.1, 0.15) is 5.75 Å². The lowest BCUT2D eigenvalue weighted by Gasteiger charge is -2.23. The maximum absolute atomic E-state index is 6.17. The van der Waals surface area contributed by atoms with Crippen LogP contribution in [-0.2, 0) is 6.54 Å². The van der Waals surface area contributed by atoms with Crippen LogP contribution in [0.2, 0.25) is 0 Å². The quantitative estimate of drug-likeness (QED) is 0.731. The van der Waals surface area contributed by atoms with Crippen LogP contribution in [0.4, 0.5) is 0 Å². The van der Waals surface area contributed by atoms with E-state index in [2.05, 4.69) is 38.2 Å². The number of benzene rings is 1.